The molecule has 0 amide bonds. The Morgan fingerprint density at radius 1 is 1.30 bits per heavy atom. The number of alkyl halides is 5. The number of rotatable bonds is 2. The van der Waals surface area contributed by atoms with Gasteiger partial charge in [-0.15, -0.1) is 0 Å². The molecule has 1 heterocycles. The summed E-state index contributed by atoms with van der Waals surface area (Å²) in [5.41, 5.74) is 0.687. The van der Waals surface area contributed by atoms with Gasteiger partial charge in [-0.2, -0.15) is 13.2 Å². The molecule has 2 N–H and O–H groups in total. The van der Waals surface area contributed by atoms with Crippen molar-refractivity contribution in [3.63, 3.8) is 0 Å². The van der Waals surface area contributed by atoms with Gasteiger partial charge in [-0.3, -0.25) is 0 Å². The Balaban J connectivity index is 0.000000322. The van der Waals surface area contributed by atoms with E-state index in [9.17, 15) is 22.0 Å². The molecule has 0 radical (unpaired) electrons. The first-order valence-electron chi connectivity index (χ1n) is 6.60. The molecule has 1 aromatic rings. The third-order valence-electron chi connectivity index (χ3n) is 3.24. The molecule has 1 unspecified atom stereocenters. The number of hydrogen-bond acceptors (Lipinski definition) is 3. The van der Waals surface area contributed by atoms with E-state index >= 15 is 0 Å². The third-order valence-corrected chi connectivity index (χ3v) is 3.24. The van der Waals surface area contributed by atoms with Crippen molar-refractivity contribution in [3.05, 3.63) is 29.8 Å². The van der Waals surface area contributed by atoms with Gasteiger partial charge in [0.05, 0.1) is 19.6 Å². The Hall–Kier alpha value is -1.90. The molecule has 2 rings (SSSR count). The Morgan fingerprint density at radius 3 is 2.22 bits per heavy atom. The largest absolute Gasteiger partial charge is 0.497 e. The number of carboxylic acid groups (broad SMARTS) is 1. The van der Waals surface area contributed by atoms with E-state index in [1.54, 1.807) is 31.4 Å². The van der Waals surface area contributed by atoms with E-state index in [0.29, 0.717) is 24.3 Å². The molecule has 1 aliphatic rings. The highest BCUT2D eigenvalue weighted by Crippen LogP contribution is 2.38. The minimum absolute atomic E-state index is 0.232. The average molecular weight is 341 g/mol. The van der Waals surface area contributed by atoms with Crippen LogP contribution in [0.1, 0.15) is 17.9 Å². The van der Waals surface area contributed by atoms with Crippen LogP contribution >= 0.6 is 0 Å². The molecule has 1 aliphatic heterocycles. The van der Waals surface area contributed by atoms with Crippen LogP contribution in [0.5, 0.6) is 5.75 Å². The van der Waals surface area contributed by atoms with Gasteiger partial charge in [-0.25, -0.2) is 13.6 Å². The molecule has 23 heavy (non-hydrogen) atoms. The number of aliphatic carboxylic acids is 1. The van der Waals surface area contributed by atoms with Crippen LogP contribution in [0.4, 0.5) is 22.0 Å². The Kier molecular flexibility index (Phi) is 6.31. The van der Waals surface area contributed by atoms with Crippen LogP contribution in [-0.2, 0) is 4.79 Å². The number of piperidine rings is 1. The molecule has 1 saturated heterocycles. The van der Waals surface area contributed by atoms with Crippen LogP contribution in [0.25, 0.3) is 0 Å². The molecule has 0 bridgehead atoms. The average Bonchev–Trinajstić information content (AvgIpc) is 2.47. The first-order valence-corrected chi connectivity index (χ1v) is 6.60. The molecule has 4 nitrogen and oxygen atoms in total. The summed E-state index contributed by atoms with van der Waals surface area (Å²) in [6, 6.07) is 6.91. The Morgan fingerprint density at radius 2 is 1.83 bits per heavy atom. The van der Waals surface area contributed by atoms with Gasteiger partial charge in [0.2, 0.25) is 0 Å². The lowest BCUT2D eigenvalue weighted by Crippen LogP contribution is -2.44. The number of carbonyl (C=O) groups is 1. The van der Waals surface area contributed by atoms with Gasteiger partial charge in [0.25, 0.3) is 5.92 Å². The zero-order valence-electron chi connectivity index (χ0n) is 12.2. The molecule has 1 aromatic carbocycles. The van der Waals surface area contributed by atoms with Crippen LogP contribution in [-0.4, -0.2) is 43.4 Å². The number of nitrogens with one attached hydrogen (secondary N) is 1. The first-order chi connectivity index (χ1) is 10.6. The monoisotopic (exact) mass is 341 g/mol. The lowest BCUT2D eigenvalue weighted by Gasteiger charge is -2.32. The summed E-state index contributed by atoms with van der Waals surface area (Å²) in [7, 11) is 1.56. The molecule has 0 saturated carbocycles. The molecule has 1 atom stereocenters. The number of methoxy groups -OCH3 is 1. The van der Waals surface area contributed by atoms with Gasteiger partial charge < -0.3 is 15.2 Å². The quantitative estimate of drug-likeness (QED) is 0.812. The van der Waals surface area contributed by atoms with Gasteiger partial charge in [-0.05, 0) is 30.7 Å². The molecule has 9 heteroatoms. The summed E-state index contributed by atoms with van der Waals surface area (Å²) >= 11 is 0. The molecule has 0 aromatic heterocycles. The number of carboxylic acids is 1. The number of hydrogen-bond donors (Lipinski definition) is 2. The van der Waals surface area contributed by atoms with Gasteiger partial charge in [0.1, 0.15) is 5.75 Å². The van der Waals surface area contributed by atoms with Crippen LogP contribution < -0.4 is 10.1 Å². The van der Waals surface area contributed by atoms with E-state index in [2.05, 4.69) is 5.32 Å². The van der Waals surface area contributed by atoms with Crippen molar-refractivity contribution in [2.24, 2.45) is 0 Å². The zero-order chi connectivity index (χ0) is 17.7. The van der Waals surface area contributed by atoms with Crippen molar-refractivity contribution in [1.29, 1.82) is 0 Å². The van der Waals surface area contributed by atoms with Crippen molar-refractivity contribution < 1.29 is 36.6 Å². The maximum absolute atomic E-state index is 13.6. The summed E-state index contributed by atoms with van der Waals surface area (Å²) in [6.45, 7) is 0.413. The van der Waals surface area contributed by atoms with Gasteiger partial charge in [-0.1, -0.05) is 12.1 Å². The summed E-state index contributed by atoms with van der Waals surface area (Å²) in [6.07, 6.45) is -4.61. The normalized spacial score (nSPS) is 20.2. The highest BCUT2D eigenvalue weighted by atomic mass is 19.4. The van der Waals surface area contributed by atoms with Crippen molar-refractivity contribution in [3.8, 4) is 5.75 Å². The third kappa shape index (κ3) is 5.66. The van der Waals surface area contributed by atoms with Crippen LogP contribution in [0, 0.1) is 0 Å². The molecular formula is C14H16F5NO3. The van der Waals surface area contributed by atoms with Crippen LogP contribution in [0.15, 0.2) is 24.3 Å². The SMILES string of the molecule is COc1ccc(C2CCNCC2(F)F)cc1.O=C(O)C(F)(F)F. The van der Waals surface area contributed by atoms with E-state index in [1.807, 2.05) is 0 Å². The van der Waals surface area contributed by atoms with E-state index < -0.39 is 24.0 Å². The Bertz CT molecular complexity index is 516. The fourth-order valence-electron chi connectivity index (χ4n) is 2.08. The second kappa shape index (κ2) is 7.58. The van der Waals surface area contributed by atoms with Gasteiger partial charge in [0.15, 0.2) is 0 Å². The standard InChI is InChI=1S/C12H15F2NO.C2HF3O2/c1-16-10-4-2-9(3-5-10)11-6-7-15-8-12(11,13)14;3-2(4,5)1(6)7/h2-5,11,15H,6-8H2,1H3;(H,6,7). The minimum atomic E-state index is -5.08. The summed E-state index contributed by atoms with van der Waals surface area (Å²) < 4.78 is 64.0. The first kappa shape index (κ1) is 19.1. The topological polar surface area (TPSA) is 58.6 Å². The zero-order valence-corrected chi connectivity index (χ0v) is 12.2. The number of ether oxygens (including phenoxy) is 1. The molecule has 1 fully saturated rings. The summed E-state index contributed by atoms with van der Waals surface area (Å²) in [5, 5.41) is 9.85. The highest BCUT2D eigenvalue weighted by molar-refractivity contribution is 5.73. The smallest absolute Gasteiger partial charge is 0.490 e. The van der Waals surface area contributed by atoms with Crippen molar-refractivity contribution in [2.45, 2.75) is 24.4 Å². The lowest BCUT2D eigenvalue weighted by molar-refractivity contribution is -0.192. The van der Waals surface area contributed by atoms with E-state index in [-0.39, 0.29) is 6.54 Å². The van der Waals surface area contributed by atoms with Crippen molar-refractivity contribution in [2.75, 3.05) is 20.2 Å². The van der Waals surface area contributed by atoms with E-state index in [1.165, 1.54) is 0 Å². The maximum atomic E-state index is 13.6. The Labute approximate surface area is 129 Å². The second-order valence-electron chi connectivity index (χ2n) is 4.86. The maximum Gasteiger partial charge on any atom is 0.490 e. The molecule has 0 spiro atoms. The summed E-state index contributed by atoms with van der Waals surface area (Å²) in [4.78, 5) is 8.90. The fraction of sp³-hybridized carbons (Fsp3) is 0.500. The van der Waals surface area contributed by atoms with Gasteiger partial charge in [0, 0.05) is 0 Å². The molecule has 0 aliphatic carbocycles. The van der Waals surface area contributed by atoms with Crippen molar-refractivity contribution >= 4 is 5.97 Å². The van der Waals surface area contributed by atoms with Crippen LogP contribution in [0.2, 0.25) is 0 Å². The minimum Gasteiger partial charge on any atom is -0.497 e. The number of halogens is 5. The highest BCUT2D eigenvalue weighted by Gasteiger charge is 2.42. The van der Waals surface area contributed by atoms with Gasteiger partial charge >= 0.3 is 12.1 Å². The molecular weight excluding hydrogens is 325 g/mol. The molecule has 130 valence electrons. The van der Waals surface area contributed by atoms with E-state index in [4.69, 9.17) is 14.6 Å². The summed E-state index contributed by atoms with van der Waals surface area (Å²) in [5.74, 6) is -5.40. The predicted molar refractivity (Wildman–Crippen MR) is 71.9 cm³/mol. The lowest BCUT2D eigenvalue weighted by atomic mass is 9.87. The van der Waals surface area contributed by atoms with Crippen LogP contribution in [0.3, 0.4) is 0 Å². The number of benzene rings is 1. The van der Waals surface area contributed by atoms with Crippen molar-refractivity contribution in [1.82, 2.24) is 5.32 Å². The predicted octanol–water partition coefficient (Wildman–Crippen LogP) is 3.04. The fourth-order valence-corrected chi connectivity index (χ4v) is 2.08. The second-order valence-corrected chi connectivity index (χ2v) is 4.86. The van der Waals surface area contributed by atoms with E-state index in [0.717, 1.165) is 0 Å².